The van der Waals surface area contributed by atoms with Crippen molar-refractivity contribution in [2.45, 2.75) is 13.8 Å². The fourth-order valence-corrected chi connectivity index (χ4v) is 1.78. The number of nitrogens with one attached hydrogen (secondary N) is 1. The third kappa shape index (κ3) is 3.70. The number of rotatable bonds is 6. The standard InChI is InChI=1S/C15H20N2O/c1-12(2)11-16-8-9-18-14-5-6-15-13(10-14)4-3-7-17-15/h3-7,10,12,16H,8-9,11H2,1-2H3. The summed E-state index contributed by atoms with van der Waals surface area (Å²) in [6, 6.07) is 9.98. The molecule has 0 radical (unpaired) electrons. The van der Waals surface area contributed by atoms with Gasteiger partial charge in [-0.3, -0.25) is 4.98 Å². The van der Waals surface area contributed by atoms with E-state index in [1.807, 2.05) is 30.3 Å². The third-order valence-corrected chi connectivity index (χ3v) is 2.67. The summed E-state index contributed by atoms with van der Waals surface area (Å²) in [5.74, 6) is 1.58. The Morgan fingerprint density at radius 3 is 3.00 bits per heavy atom. The highest BCUT2D eigenvalue weighted by molar-refractivity contribution is 5.79. The summed E-state index contributed by atoms with van der Waals surface area (Å²) in [5, 5.41) is 4.47. The molecule has 96 valence electrons. The molecule has 0 aliphatic rings. The second kappa shape index (κ2) is 6.36. The molecule has 3 nitrogen and oxygen atoms in total. The predicted molar refractivity (Wildman–Crippen MR) is 74.9 cm³/mol. The summed E-state index contributed by atoms with van der Waals surface area (Å²) in [5.41, 5.74) is 1.00. The number of nitrogens with zero attached hydrogens (tertiary/aromatic N) is 1. The number of aromatic nitrogens is 1. The maximum absolute atomic E-state index is 5.71. The Morgan fingerprint density at radius 2 is 2.17 bits per heavy atom. The van der Waals surface area contributed by atoms with Gasteiger partial charge in [0.25, 0.3) is 0 Å². The Labute approximate surface area is 108 Å². The highest BCUT2D eigenvalue weighted by Crippen LogP contribution is 2.18. The minimum absolute atomic E-state index is 0.678. The van der Waals surface area contributed by atoms with Gasteiger partial charge in [0.2, 0.25) is 0 Å². The molecule has 3 heteroatoms. The molecule has 1 heterocycles. The molecule has 1 aromatic carbocycles. The van der Waals surface area contributed by atoms with Crippen LogP contribution in [0.3, 0.4) is 0 Å². The van der Waals surface area contributed by atoms with Crippen molar-refractivity contribution in [3.8, 4) is 5.75 Å². The molecule has 0 aliphatic heterocycles. The number of benzene rings is 1. The lowest BCUT2D eigenvalue weighted by atomic mass is 10.2. The van der Waals surface area contributed by atoms with Crippen LogP contribution in [0.5, 0.6) is 5.75 Å². The van der Waals surface area contributed by atoms with Crippen LogP contribution in [-0.2, 0) is 0 Å². The molecule has 1 N–H and O–H groups in total. The van der Waals surface area contributed by atoms with Crippen molar-refractivity contribution in [2.24, 2.45) is 5.92 Å². The molecule has 0 bridgehead atoms. The topological polar surface area (TPSA) is 34.1 Å². The van der Waals surface area contributed by atoms with Crippen LogP contribution in [0.25, 0.3) is 10.9 Å². The summed E-state index contributed by atoms with van der Waals surface area (Å²) < 4.78 is 5.71. The molecule has 0 spiro atoms. The van der Waals surface area contributed by atoms with Gasteiger partial charge in [-0.25, -0.2) is 0 Å². The first-order chi connectivity index (χ1) is 8.75. The van der Waals surface area contributed by atoms with Crippen LogP contribution in [-0.4, -0.2) is 24.7 Å². The summed E-state index contributed by atoms with van der Waals surface area (Å²) >= 11 is 0. The number of hydrogen-bond donors (Lipinski definition) is 1. The van der Waals surface area contributed by atoms with Gasteiger partial charge in [0, 0.05) is 18.1 Å². The Bertz CT molecular complexity index is 497. The molecule has 18 heavy (non-hydrogen) atoms. The van der Waals surface area contributed by atoms with E-state index in [0.29, 0.717) is 12.5 Å². The van der Waals surface area contributed by atoms with Crippen molar-refractivity contribution >= 4 is 10.9 Å². The Kier molecular flexibility index (Phi) is 4.53. The summed E-state index contributed by atoms with van der Waals surface area (Å²) in [6.45, 7) is 7.00. The zero-order valence-electron chi connectivity index (χ0n) is 11.0. The van der Waals surface area contributed by atoms with Crippen LogP contribution in [0, 0.1) is 5.92 Å². The highest BCUT2D eigenvalue weighted by Gasteiger charge is 1.98. The first kappa shape index (κ1) is 12.8. The van der Waals surface area contributed by atoms with Crippen molar-refractivity contribution in [1.29, 1.82) is 0 Å². The minimum Gasteiger partial charge on any atom is -0.492 e. The van der Waals surface area contributed by atoms with Crippen molar-refractivity contribution in [3.63, 3.8) is 0 Å². The van der Waals surface area contributed by atoms with Gasteiger partial charge in [-0.2, -0.15) is 0 Å². The smallest absolute Gasteiger partial charge is 0.120 e. The average molecular weight is 244 g/mol. The normalized spacial score (nSPS) is 11.1. The van der Waals surface area contributed by atoms with Crippen LogP contribution < -0.4 is 10.1 Å². The second-order valence-corrected chi connectivity index (χ2v) is 4.80. The van der Waals surface area contributed by atoms with Crippen LogP contribution in [0.2, 0.25) is 0 Å². The lowest BCUT2D eigenvalue weighted by molar-refractivity contribution is 0.311. The fourth-order valence-electron chi connectivity index (χ4n) is 1.78. The average Bonchev–Trinajstić information content (AvgIpc) is 2.38. The molecule has 0 atom stereocenters. The predicted octanol–water partition coefficient (Wildman–Crippen LogP) is 2.86. The monoisotopic (exact) mass is 244 g/mol. The van der Waals surface area contributed by atoms with Crippen molar-refractivity contribution in [1.82, 2.24) is 10.3 Å². The quantitative estimate of drug-likeness (QED) is 0.793. The molecule has 2 rings (SSSR count). The number of fused-ring (bicyclic) bond motifs is 1. The number of ether oxygens (including phenoxy) is 1. The van der Waals surface area contributed by atoms with Crippen LogP contribution in [0.1, 0.15) is 13.8 Å². The molecular weight excluding hydrogens is 224 g/mol. The van der Waals surface area contributed by atoms with E-state index >= 15 is 0 Å². The van der Waals surface area contributed by atoms with Crippen LogP contribution >= 0.6 is 0 Å². The van der Waals surface area contributed by atoms with E-state index < -0.39 is 0 Å². The number of pyridine rings is 1. The zero-order valence-corrected chi connectivity index (χ0v) is 11.0. The van der Waals surface area contributed by atoms with Gasteiger partial charge in [0.15, 0.2) is 0 Å². The third-order valence-electron chi connectivity index (χ3n) is 2.67. The van der Waals surface area contributed by atoms with E-state index in [1.54, 1.807) is 6.20 Å². The molecule has 0 unspecified atom stereocenters. The van der Waals surface area contributed by atoms with Crippen molar-refractivity contribution < 1.29 is 4.74 Å². The van der Waals surface area contributed by atoms with Gasteiger partial charge in [-0.1, -0.05) is 19.9 Å². The van der Waals surface area contributed by atoms with E-state index in [9.17, 15) is 0 Å². The van der Waals surface area contributed by atoms with Gasteiger partial charge in [0.1, 0.15) is 12.4 Å². The second-order valence-electron chi connectivity index (χ2n) is 4.80. The molecule has 2 aromatic rings. The molecular formula is C15H20N2O. The van der Waals surface area contributed by atoms with Crippen LogP contribution in [0.15, 0.2) is 36.5 Å². The van der Waals surface area contributed by atoms with E-state index in [2.05, 4.69) is 24.1 Å². The fraction of sp³-hybridized carbons (Fsp3) is 0.400. The zero-order chi connectivity index (χ0) is 12.8. The highest BCUT2D eigenvalue weighted by atomic mass is 16.5. The lowest BCUT2D eigenvalue weighted by Gasteiger charge is -2.09. The first-order valence-electron chi connectivity index (χ1n) is 6.44. The van der Waals surface area contributed by atoms with E-state index in [4.69, 9.17) is 4.74 Å². The van der Waals surface area contributed by atoms with Gasteiger partial charge in [0.05, 0.1) is 5.52 Å². The van der Waals surface area contributed by atoms with Gasteiger partial charge < -0.3 is 10.1 Å². The minimum atomic E-state index is 0.678. The maximum Gasteiger partial charge on any atom is 0.120 e. The molecule has 0 saturated heterocycles. The lowest BCUT2D eigenvalue weighted by Crippen LogP contribution is -2.24. The van der Waals surface area contributed by atoms with E-state index in [1.165, 1.54) is 0 Å². The van der Waals surface area contributed by atoms with Crippen molar-refractivity contribution in [2.75, 3.05) is 19.7 Å². The van der Waals surface area contributed by atoms with Gasteiger partial charge in [-0.05, 0) is 36.7 Å². The molecule has 0 amide bonds. The van der Waals surface area contributed by atoms with Gasteiger partial charge >= 0.3 is 0 Å². The molecule has 0 fully saturated rings. The molecule has 0 aliphatic carbocycles. The Balaban J connectivity index is 1.84. The largest absolute Gasteiger partial charge is 0.492 e. The maximum atomic E-state index is 5.71. The summed E-state index contributed by atoms with van der Waals surface area (Å²) in [7, 11) is 0. The summed E-state index contributed by atoms with van der Waals surface area (Å²) in [6.07, 6.45) is 1.80. The van der Waals surface area contributed by atoms with E-state index in [-0.39, 0.29) is 0 Å². The number of hydrogen-bond acceptors (Lipinski definition) is 3. The van der Waals surface area contributed by atoms with Gasteiger partial charge in [-0.15, -0.1) is 0 Å². The SMILES string of the molecule is CC(C)CNCCOc1ccc2ncccc2c1. The molecule has 0 saturated carbocycles. The Hall–Kier alpha value is -1.61. The summed E-state index contributed by atoms with van der Waals surface area (Å²) in [4.78, 5) is 4.28. The Morgan fingerprint density at radius 1 is 1.28 bits per heavy atom. The first-order valence-corrected chi connectivity index (χ1v) is 6.44. The van der Waals surface area contributed by atoms with E-state index in [0.717, 1.165) is 29.7 Å². The van der Waals surface area contributed by atoms with Crippen LogP contribution in [0.4, 0.5) is 0 Å². The van der Waals surface area contributed by atoms with Crippen molar-refractivity contribution in [3.05, 3.63) is 36.5 Å². The molecule has 1 aromatic heterocycles.